The van der Waals surface area contributed by atoms with Crippen molar-refractivity contribution in [2.24, 2.45) is 5.10 Å². The normalized spacial score (nSPS) is 11.6. The van der Waals surface area contributed by atoms with Crippen LogP contribution in [-0.4, -0.2) is 37.9 Å². The summed E-state index contributed by atoms with van der Waals surface area (Å²) in [7, 11) is -4.01. The molecule has 0 atom stereocenters. The largest absolute Gasteiger partial charge is 0.490 e. The van der Waals surface area contributed by atoms with Gasteiger partial charge in [0.1, 0.15) is 4.90 Å². The average Bonchev–Trinajstić information content (AvgIpc) is 3.28. The second-order valence-electron chi connectivity index (χ2n) is 7.02. The summed E-state index contributed by atoms with van der Waals surface area (Å²) in [5.41, 5.74) is 3.98. The van der Waals surface area contributed by atoms with E-state index in [1.807, 2.05) is 24.3 Å². The van der Waals surface area contributed by atoms with Crippen molar-refractivity contribution in [2.45, 2.75) is 16.2 Å². The number of hydrazone groups is 1. The van der Waals surface area contributed by atoms with Gasteiger partial charge in [0.15, 0.2) is 15.8 Å². The molecule has 0 aliphatic rings. The Kier molecular flexibility index (Phi) is 8.01. The highest BCUT2D eigenvalue weighted by molar-refractivity contribution is 8.01. The van der Waals surface area contributed by atoms with Gasteiger partial charge in [-0.2, -0.15) is 13.5 Å². The van der Waals surface area contributed by atoms with Crippen molar-refractivity contribution in [3.8, 4) is 11.5 Å². The first-order chi connectivity index (χ1) is 16.9. The van der Waals surface area contributed by atoms with Crippen LogP contribution >= 0.6 is 23.1 Å². The number of carbonyl (C=O) groups is 1. The summed E-state index contributed by atoms with van der Waals surface area (Å²) >= 11 is 2.88. The molecule has 0 saturated heterocycles. The van der Waals surface area contributed by atoms with Gasteiger partial charge in [0.2, 0.25) is 0 Å². The third kappa shape index (κ3) is 6.59. The maximum absolute atomic E-state index is 12.5. The number of fused-ring (bicyclic) bond motifs is 1. The van der Waals surface area contributed by atoms with Gasteiger partial charge in [-0.3, -0.25) is 4.79 Å². The lowest BCUT2D eigenvalue weighted by molar-refractivity contribution is -0.118. The molecular formula is C24H21N3O5S3. The van der Waals surface area contributed by atoms with Crippen LogP contribution in [0.15, 0.2) is 87.1 Å². The number of para-hydroxylation sites is 1. The highest BCUT2D eigenvalue weighted by atomic mass is 32.2. The van der Waals surface area contributed by atoms with Crippen molar-refractivity contribution in [3.05, 3.63) is 78.4 Å². The quantitative estimate of drug-likeness (QED) is 0.138. The molecule has 0 spiro atoms. The van der Waals surface area contributed by atoms with Crippen LogP contribution in [0.2, 0.25) is 0 Å². The molecule has 0 aliphatic carbocycles. The van der Waals surface area contributed by atoms with Crippen LogP contribution in [0.5, 0.6) is 11.5 Å². The van der Waals surface area contributed by atoms with Crippen molar-refractivity contribution < 1.29 is 22.1 Å². The Bertz CT molecular complexity index is 1420. The standard InChI is InChI=1S/C24H21N3O5S3/c1-2-31-21-14-17(12-13-20(21)32-35(29,30)18-8-4-3-5-9-18)15-25-27-23(28)16-33-24-26-19-10-6-7-11-22(19)34-24/h3-15H,2,16H2,1H3,(H,27,28)/b25-15-. The summed E-state index contributed by atoms with van der Waals surface area (Å²) in [6, 6.07) is 20.3. The molecule has 3 aromatic carbocycles. The molecule has 1 amide bonds. The van der Waals surface area contributed by atoms with E-state index in [-0.39, 0.29) is 28.1 Å². The van der Waals surface area contributed by atoms with Gasteiger partial charge in [-0.1, -0.05) is 42.1 Å². The lowest BCUT2D eigenvalue weighted by Crippen LogP contribution is -2.19. The zero-order valence-corrected chi connectivity index (χ0v) is 21.0. The summed E-state index contributed by atoms with van der Waals surface area (Å²) in [6.07, 6.45) is 1.44. The number of nitrogens with zero attached hydrogens (tertiary/aromatic N) is 2. The first kappa shape index (κ1) is 24.7. The smallest absolute Gasteiger partial charge is 0.339 e. The first-order valence-corrected chi connectivity index (χ1v) is 13.7. The predicted octanol–water partition coefficient (Wildman–Crippen LogP) is 4.71. The summed E-state index contributed by atoms with van der Waals surface area (Å²) in [5.74, 6) is 0.202. The number of thiazole rings is 1. The van der Waals surface area contributed by atoms with Gasteiger partial charge in [0.05, 0.1) is 28.8 Å². The Morgan fingerprint density at radius 2 is 1.86 bits per heavy atom. The number of thioether (sulfide) groups is 1. The van der Waals surface area contributed by atoms with E-state index < -0.39 is 10.1 Å². The number of nitrogens with one attached hydrogen (secondary N) is 1. The lowest BCUT2D eigenvalue weighted by Gasteiger charge is -2.12. The molecule has 0 aliphatic heterocycles. The number of aromatic nitrogens is 1. The van der Waals surface area contributed by atoms with Gasteiger partial charge in [-0.25, -0.2) is 10.4 Å². The molecule has 8 nitrogen and oxygen atoms in total. The number of ether oxygens (including phenoxy) is 1. The molecule has 0 unspecified atom stereocenters. The third-order valence-electron chi connectivity index (χ3n) is 4.50. The van der Waals surface area contributed by atoms with E-state index >= 15 is 0 Å². The molecule has 35 heavy (non-hydrogen) atoms. The van der Waals surface area contributed by atoms with Crippen LogP contribution in [0.1, 0.15) is 12.5 Å². The topological polar surface area (TPSA) is 107 Å². The highest BCUT2D eigenvalue weighted by Gasteiger charge is 2.19. The first-order valence-electron chi connectivity index (χ1n) is 10.5. The Hall–Kier alpha value is -3.41. The molecule has 11 heteroatoms. The molecule has 180 valence electrons. The minimum absolute atomic E-state index is 0.0412. The van der Waals surface area contributed by atoms with E-state index in [9.17, 15) is 13.2 Å². The highest BCUT2D eigenvalue weighted by Crippen LogP contribution is 2.31. The zero-order chi connectivity index (χ0) is 24.7. The fourth-order valence-electron chi connectivity index (χ4n) is 2.95. The predicted molar refractivity (Wildman–Crippen MR) is 138 cm³/mol. The molecule has 0 fully saturated rings. The van der Waals surface area contributed by atoms with Gasteiger partial charge >= 0.3 is 10.1 Å². The molecule has 1 N–H and O–H groups in total. The summed E-state index contributed by atoms with van der Waals surface area (Å²) in [4.78, 5) is 16.7. The number of hydrogen-bond donors (Lipinski definition) is 1. The molecule has 0 bridgehead atoms. The number of amides is 1. The Morgan fingerprint density at radius 3 is 2.63 bits per heavy atom. The van der Waals surface area contributed by atoms with Gasteiger partial charge in [0.25, 0.3) is 5.91 Å². The van der Waals surface area contributed by atoms with Crippen LogP contribution in [0.25, 0.3) is 10.2 Å². The van der Waals surface area contributed by atoms with Gasteiger partial charge in [-0.05, 0) is 55.0 Å². The number of hydrogen-bond acceptors (Lipinski definition) is 9. The molecule has 1 heterocycles. The maximum atomic E-state index is 12.5. The molecule has 4 aromatic rings. The van der Waals surface area contributed by atoms with Crippen LogP contribution in [0.3, 0.4) is 0 Å². The van der Waals surface area contributed by atoms with Crippen molar-refractivity contribution in [2.75, 3.05) is 12.4 Å². The van der Waals surface area contributed by atoms with Crippen molar-refractivity contribution in [1.82, 2.24) is 10.4 Å². The van der Waals surface area contributed by atoms with Gasteiger partial charge in [0, 0.05) is 0 Å². The summed E-state index contributed by atoms with van der Waals surface area (Å²) < 4.78 is 37.8. The summed E-state index contributed by atoms with van der Waals surface area (Å²) in [5, 5.41) is 3.98. The van der Waals surface area contributed by atoms with Gasteiger partial charge in [-0.15, -0.1) is 11.3 Å². The van der Waals surface area contributed by atoms with E-state index in [0.29, 0.717) is 12.2 Å². The second kappa shape index (κ2) is 11.3. The van der Waals surface area contributed by atoms with Gasteiger partial charge < -0.3 is 8.92 Å². The molecule has 1 aromatic heterocycles. The van der Waals surface area contributed by atoms with Crippen molar-refractivity contribution in [3.63, 3.8) is 0 Å². The van der Waals surface area contributed by atoms with Crippen LogP contribution in [0, 0.1) is 0 Å². The minimum Gasteiger partial charge on any atom is -0.490 e. The molecule has 0 saturated carbocycles. The third-order valence-corrected chi connectivity index (χ3v) is 7.93. The molecule has 4 rings (SSSR count). The number of rotatable bonds is 10. The lowest BCUT2D eigenvalue weighted by atomic mass is 10.2. The van der Waals surface area contributed by atoms with E-state index in [1.165, 1.54) is 47.5 Å². The minimum atomic E-state index is -4.01. The molecular weight excluding hydrogens is 506 g/mol. The average molecular weight is 528 g/mol. The monoisotopic (exact) mass is 527 g/mol. The number of carbonyl (C=O) groups excluding carboxylic acids is 1. The number of benzene rings is 3. The van der Waals surface area contributed by atoms with Crippen LogP contribution in [0.4, 0.5) is 0 Å². The molecule has 0 radical (unpaired) electrons. The maximum Gasteiger partial charge on any atom is 0.339 e. The SMILES string of the molecule is CCOc1cc(/C=N\NC(=O)CSc2nc3ccccc3s2)ccc1OS(=O)(=O)c1ccccc1. The zero-order valence-electron chi connectivity index (χ0n) is 18.6. The van der Waals surface area contributed by atoms with Crippen molar-refractivity contribution in [1.29, 1.82) is 0 Å². The van der Waals surface area contributed by atoms with E-state index in [2.05, 4.69) is 15.5 Å². The van der Waals surface area contributed by atoms with Crippen LogP contribution in [-0.2, 0) is 14.9 Å². The fraction of sp³-hybridized carbons (Fsp3) is 0.125. The van der Waals surface area contributed by atoms with Crippen LogP contribution < -0.4 is 14.3 Å². The Morgan fingerprint density at radius 1 is 1.09 bits per heavy atom. The fourth-order valence-corrected chi connectivity index (χ4v) is 5.77. The van der Waals surface area contributed by atoms with E-state index in [1.54, 1.807) is 37.3 Å². The summed E-state index contributed by atoms with van der Waals surface area (Å²) in [6.45, 7) is 2.08. The van der Waals surface area contributed by atoms with Crippen molar-refractivity contribution >= 4 is 55.6 Å². The second-order valence-corrected chi connectivity index (χ2v) is 10.8. The van der Waals surface area contributed by atoms with E-state index in [4.69, 9.17) is 8.92 Å². The Balaban J connectivity index is 1.37. The van der Waals surface area contributed by atoms with E-state index in [0.717, 1.165) is 14.6 Å². The Labute approximate surface area is 211 Å².